The Labute approximate surface area is 168 Å². The van der Waals surface area contributed by atoms with Gasteiger partial charge >= 0.3 is 6.61 Å². The zero-order valence-corrected chi connectivity index (χ0v) is 16.2. The van der Waals surface area contributed by atoms with Gasteiger partial charge in [0.15, 0.2) is 10.8 Å². The number of amides is 1. The fourth-order valence-electron chi connectivity index (χ4n) is 2.87. The molecule has 0 radical (unpaired) electrons. The fourth-order valence-corrected chi connectivity index (χ4v) is 3.58. The van der Waals surface area contributed by atoms with E-state index in [1.54, 1.807) is 22.0 Å². The SMILES string of the molecule is Cc1cc(C)n2ncc(C(=O)Nc3nc(-c4ccc(OC(F)F)cc4)cs3)c2n1. The maximum absolute atomic E-state index is 12.7. The zero-order chi connectivity index (χ0) is 20.5. The molecule has 1 N–H and O–H groups in total. The molecule has 3 heterocycles. The van der Waals surface area contributed by atoms with Crippen molar-refractivity contribution in [1.29, 1.82) is 0 Å². The third-order valence-corrected chi connectivity index (χ3v) is 4.88. The number of fused-ring (bicyclic) bond motifs is 1. The molecule has 10 heteroatoms. The lowest BCUT2D eigenvalue weighted by atomic mass is 10.2. The van der Waals surface area contributed by atoms with E-state index in [2.05, 4.69) is 25.1 Å². The third kappa shape index (κ3) is 3.92. The van der Waals surface area contributed by atoms with E-state index in [4.69, 9.17) is 0 Å². The molecule has 1 aromatic carbocycles. The number of anilines is 1. The van der Waals surface area contributed by atoms with Crippen LogP contribution >= 0.6 is 11.3 Å². The quantitative estimate of drug-likeness (QED) is 0.525. The Morgan fingerprint density at radius 2 is 1.97 bits per heavy atom. The van der Waals surface area contributed by atoms with Crippen LogP contribution in [0.25, 0.3) is 16.9 Å². The Kier molecular flexibility index (Phi) is 4.93. The molecule has 148 valence electrons. The van der Waals surface area contributed by atoms with Crippen molar-refractivity contribution in [1.82, 2.24) is 19.6 Å². The maximum Gasteiger partial charge on any atom is 0.387 e. The summed E-state index contributed by atoms with van der Waals surface area (Å²) in [5, 5.41) is 9.14. The van der Waals surface area contributed by atoms with E-state index in [-0.39, 0.29) is 11.7 Å². The lowest BCUT2D eigenvalue weighted by Crippen LogP contribution is -2.12. The average molecular weight is 415 g/mol. The Balaban J connectivity index is 1.53. The van der Waals surface area contributed by atoms with Crippen molar-refractivity contribution in [3.63, 3.8) is 0 Å². The third-order valence-electron chi connectivity index (χ3n) is 4.12. The van der Waals surface area contributed by atoms with E-state index in [0.717, 1.165) is 11.4 Å². The molecule has 1 amide bonds. The number of aromatic nitrogens is 4. The summed E-state index contributed by atoms with van der Waals surface area (Å²) in [6.45, 7) is 0.872. The van der Waals surface area contributed by atoms with Crippen LogP contribution in [0.3, 0.4) is 0 Å². The molecule has 4 rings (SSSR count). The van der Waals surface area contributed by atoms with Crippen molar-refractivity contribution in [3.05, 3.63) is 58.9 Å². The van der Waals surface area contributed by atoms with Crippen LogP contribution in [0.5, 0.6) is 5.75 Å². The molecule has 0 atom stereocenters. The molecule has 7 nitrogen and oxygen atoms in total. The minimum atomic E-state index is -2.87. The number of hydrogen-bond acceptors (Lipinski definition) is 6. The van der Waals surface area contributed by atoms with E-state index in [1.165, 1.54) is 29.7 Å². The summed E-state index contributed by atoms with van der Waals surface area (Å²) in [7, 11) is 0. The van der Waals surface area contributed by atoms with Gasteiger partial charge < -0.3 is 4.74 Å². The number of benzene rings is 1. The van der Waals surface area contributed by atoms with E-state index in [1.807, 2.05) is 19.9 Å². The molecule has 0 fully saturated rings. The zero-order valence-electron chi connectivity index (χ0n) is 15.4. The highest BCUT2D eigenvalue weighted by atomic mass is 32.1. The number of alkyl halides is 2. The van der Waals surface area contributed by atoms with Gasteiger partial charge in [-0.3, -0.25) is 10.1 Å². The van der Waals surface area contributed by atoms with Gasteiger partial charge in [0.2, 0.25) is 0 Å². The molecule has 0 saturated carbocycles. The molecule has 3 aromatic heterocycles. The van der Waals surface area contributed by atoms with Crippen molar-refractivity contribution >= 4 is 28.0 Å². The molecular formula is C19H15F2N5O2S. The number of carbonyl (C=O) groups excluding carboxylic acids is 1. The van der Waals surface area contributed by atoms with Crippen molar-refractivity contribution in [2.24, 2.45) is 0 Å². The molecule has 29 heavy (non-hydrogen) atoms. The van der Waals surface area contributed by atoms with Crippen LogP contribution < -0.4 is 10.1 Å². The van der Waals surface area contributed by atoms with Crippen LogP contribution in [0, 0.1) is 13.8 Å². The molecule has 0 spiro atoms. The van der Waals surface area contributed by atoms with Gasteiger partial charge in [-0.25, -0.2) is 14.5 Å². The highest BCUT2D eigenvalue weighted by Crippen LogP contribution is 2.27. The number of carbonyl (C=O) groups is 1. The van der Waals surface area contributed by atoms with Gasteiger partial charge in [-0.1, -0.05) is 0 Å². The molecule has 4 aromatic rings. The predicted octanol–water partition coefficient (Wildman–Crippen LogP) is 4.32. The van der Waals surface area contributed by atoms with Crippen molar-refractivity contribution < 1.29 is 18.3 Å². The van der Waals surface area contributed by atoms with Crippen LogP contribution in [0.4, 0.5) is 13.9 Å². The van der Waals surface area contributed by atoms with Crippen molar-refractivity contribution in [3.8, 4) is 17.0 Å². The van der Waals surface area contributed by atoms with Gasteiger partial charge in [-0.2, -0.15) is 13.9 Å². The second-order valence-corrected chi connectivity index (χ2v) is 7.09. The average Bonchev–Trinajstić information content (AvgIpc) is 3.29. The van der Waals surface area contributed by atoms with Crippen LogP contribution in [0.15, 0.2) is 41.9 Å². The number of hydrogen-bond donors (Lipinski definition) is 1. The summed E-state index contributed by atoms with van der Waals surface area (Å²) in [5.41, 5.74) is 3.82. The van der Waals surface area contributed by atoms with Gasteiger partial charge in [0.1, 0.15) is 11.3 Å². The Bertz CT molecular complexity index is 1190. The van der Waals surface area contributed by atoms with E-state index in [9.17, 15) is 13.6 Å². The fraction of sp³-hybridized carbons (Fsp3) is 0.158. The van der Waals surface area contributed by atoms with Crippen LogP contribution in [-0.4, -0.2) is 32.1 Å². The standard InChI is InChI=1S/C19H15F2N5O2S/c1-10-7-11(2)26-16(23-10)14(8-22-26)17(27)25-19-24-15(9-29-19)12-3-5-13(6-4-12)28-18(20)21/h3-9,18H,1-2H3,(H,24,25,27). The van der Waals surface area contributed by atoms with Gasteiger partial charge in [-0.05, 0) is 44.2 Å². The number of nitrogens with zero attached hydrogens (tertiary/aromatic N) is 4. The van der Waals surface area contributed by atoms with Gasteiger partial charge in [0, 0.05) is 22.3 Å². The smallest absolute Gasteiger partial charge is 0.387 e. The highest BCUT2D eigenvalue weighted by Gasteiger charge is 2.17. The van der Waals surface area contributed by atoms with Crippen LogP contribution in [0.2, 0.25) is 0 Å². The summed E-state index contributed by atoms with van der Waals surface area (Å²) >= 11 is 1.25. The topological polar surface area (TPSA) is 81.4 Å². The number of halogens is 2. The normalized spacial score (nSPS) is 11.2. The number of nitrogens with one attached hydrogen (secondary N) is 1. The maximum atomic E-state index is 12.7. The van der Waals surface area contributed by atoms with Crippen molar-refractivity contribution in [2.45, 2.75) is 20.5 Å². The van der Waals surface area contributed by atoms with Gasteiger partial charge in [0.05, 0.1) is 11.9 Å². The largest absolute Gasteiger partial charge is 0.435 e. The molecule has 0 bridgehead atoms. The highest BCUT2D eigenvalue weighted by molar-refractivity contribution is 7.14. The predicted molar refractivity (Wildman–Crippen MR) is 105 cm³/mol. The lowest BCUT2D eigenvalue weighted by Gasteiger charge is -2.04. The summed E-state index contributed by atoms with van der Waals surface area (Å²) in [6.07, 6.45) is 1.47. The monoisotopic (exact) mass is 415 g/mol. The Hall–Kier alpha value is -3.40. The summed E-state index contributed by atoms with van der Waals surface area (Å²) < 4.78 is 30.4. The minimum Gasteiger partial charge on any atom is -0.435 e. The number of aryl methyl sites for hydroxylation is 2. The number of thiazole rings is 1. The second kappa shape index (κ2) is 7.55. The molecule has 0 saturated heterocycles. The first-order valence-electron chi connectivity index (χ1n) is 8.55. The van der Waals surface area contributed by atoms with Gasteiger partial charge in [-0.15, -0.1) is 11.3 Å². The lowest BCUT2D eigenvalue weighted by molar-refractivity contribution is -0.0498. The van der Waals surface area contributed by atoms with E-state index >= 15 is 0 Å². The van der Waals surface area contributed by atoms with E-state index in [0.29, 0.717) is 27.6 Å². The molecule has 0 aliphatic carbocycles. The van der Waals surface area contributed by atoms with Crippen molar-refractivity contribution in [2.75, 3.05) is 5.32 Å². The summed E-state index contributed by atoms with van der Waals surface area (Å²) in [6, 6.07) is 8.01. The minimum absolute atomic E-state index is 0.0682. The second-order valence-electron chi connectivity index (χ2n) is 6.23. The number of rotatable bonds is 5. The van der Waals surface area contributed by atoms with Crippen LogP contribution in [0.1, 0.15) is 21.7 Å². The van der Waals surface area contributed by atoms with Crippen LogP contribution in [-0.2, 0) is 0 Å². The molecule has 0 aliphatic rings. The van der Waals surface area contributed by atoms with Gasteiger partial charge in [0.25, 0.3) is 5.91 Å². The first kappa shape index (κ1) is 18.9. The Morgan fingerprint density at radius 3 is 2.69 bits per heavy atom. The first-order valence-corrected chi connectivity index (χ1v) is 9.43. The molecule has 0 aliphatic heterocycles. The summed E-state index contributed by atoms with van der Waals surface area (Å²) in [4.78, 5) is 21.5. The molecular weight excluding hydrogens is 400 g/mol. The molecule has 0 unspecified atom stereocenters. The summed E-state index contributed by atoms with van der Waals surface area (Å²) in [5.74, 6) is -0.294. The van der Waals surface area contributed by atoms with E-state index < -0.39 is 6.61 Å². The Morgan fingerprint density at radius 1 is 1.21 bits per heavy atom. The first-order chi connectivity index (χ1) is 13.9. The number of ether oxygens (including phenoxy) is 1.